The van der Waals surface area contributed by atoms with Crippen LogP contribution in [0.3, 0.4) is 0 Å². The zero-order valence-corrected chi connectivity index (χ0v) is 13.9. The lowest BCUT2D eigenvalue weighted by atomic mass is 10.1. The average molecular weight is 331 g/mol. The van der Waals surface area contributed by atoms with Crippen molar-refractivity contribution in [2.45, 2.75) is 13.8 Å². The largest absolute Gasteiger partial charge is 0.350 e. The second-order valence-corrected chi connectivity index (χ2v) is 5.65. The Morgan fingerprint density at radius 2 is 1.74 bits per heavy atom. The summed E-state index contributed by atoms with van der Waals surface area (Å²) in [5.41, 5.74) is 2.34. The molecule has 0 saturated carbocycles. The summed E-state index contributed by atoms with van der Waals surface area (Å²) in [6.07, 6.45) is 0. The molecule has 23 heavy (non-hydrogen) atoms. The van der Waals surface area contributed by atoms with Gasteiger partial charge in [0.15, 0.2) is 0 Å². The maximum atomic E-state index is 12.1. The van der Waals surface area contributed by atoms with Gasteiger partial charge in [-0.15, -0.1) is 0 Å². The van der Waals surface area contributed by atoms with Gasteiger partial charge in [0.2, 0.25) is 5.91 Å². The Morgan fingerprint density at radius 1 is 1.09 bits per heavy atom. The Kier molecular flexibility index (Phi) is 5.77. The summed E-state index contributed by atoms with van der Waals surface area (Å²) in [5.74, 6) is -0.282. The minimum absolute atomic E-state index is 0.123. The number of amides is 2. The van der Waals surface area contributed by atoms with Crippen LogP contribution in [0, 0.1) is 6.92 Å². The number of hydrogen-bond acceptors (Lipinski definition) is 2. The van der Waals surface area contributed by atoms with E-state index in [1.807, 2.05) is 31.2 Å². The summed E-state index contributed by atoms with van der Waals surface area (Å²) in [7, 11) is 0. The summed E-state index contributed by atoms with van der Waals surface area (Å²) in [6.45, 7) is 4.15. The summed E-state index contributed by atoms with van der Waals surface area (Å²) in [4.78, 5) is 25.5. The van der Waals surface area contributed by atoms with Gasteiger partial charge >= 0.3 is 0 Å². The molecular formula is C18H19ClN2O2. The number of aryl methyl sites for hydroxylation is 1. The topological polar surface area (TPSA) is 49.4 Å². The van der Waals surface area contributed by atoms with Crippen LogP contribution in [-0.2, 0) is 4.79 Å². The number of anilines is 1. The molecule has 2 amide bonds. The van der Waals surface area contributed by atoms with Gasteiger partial charge < -0.3 is 10.2 Å². The molecule has 2 aromatic rings. The fourth-order valence-electron chi connectivity index (χ4n) is 2.21. The number of nitrogens with zero attached hydrogens (tertiary/aromatic N) is 1. The molecule has 0 aromatic heterocycles. The third kappa shape index (κ3) is 4.57. The van der Waals surface area contributed by atoms with E-state index >= 15 is 0 Å². The Hall–Kier alpha value is -2.33. The number of para-hydroxylation sites is 1. The standard InChI is InChI=1S/C18H19ClN2O2/c1-13-7-9-15(10-8-13)18(23)20-11-12-21(14(2)22)17-6-4-3-5-16(17)19/h3-10H,11-12H2,1-2H3,(H,20,23). The fraction of sp³-hybridized carbons (Fsp3) is 0.222. The zero-order valence-electron chi connectivity index (χ0n) is 13.2. The van der Waals surface area contributed by atoms with E-state index < -0.39 is 0 Å². The van der Waals surface area contributed by atoms with Crippen LogP contribution in [0.15, 0.2) is 48.5 Å². The van der Waals surface area contributed by atoms with E-state index in [-0.39, 0.29) is 11.8 Å². The number of hydrogen-bond donors (Lipinski definition) is 1. The van der Waals surface area contributed by atoms with Crippen molar-refractivity contribution in [3.63, 3.8) is 0 Å². The van der Waals surface area contributed by atoms with Gasteiger partial charge in [0, 0.05) is 25.6 Å². The smallest absolute Gasteiger partial charge is 0.251 e. The molecule has 0 spiro atoms. The molecule has 0 bridgehead atoms. The summed E-state index contributed by atoms with van der Waals surface area (Å²) in [6, 6.07) is 14.5. The quantitative estimate of drug-likeness (QED) is 0.913. The Labute approximate surface area is 141 Å². The average Bonchev–Trinajstić information content (AvgIpc) is 2.53. The van der Waals surface area contributed by atoms with E-state index in [1.165, 1.54) is 6.92 Å². The van der Waals surface area contributed by atoms with Gasteiger partial charge in [-0.2, -0.15) is 0 Å². The zero-order chi connectivity index (χ0) is 16.8. The van der Waals surface area contributed by atoms with Crippen molar-refractivity contribution < 1.29 is 9.59 Å². The van der Waals surface area contributed by atoms with Crippen molar-refractivity contribution in [3.05, 3.63) is 64.7 Å². The Morgan fingerprint density at radius 3 is 2.35 bits per heavy atom. The lowest BCUT2D eigenvalue weighted by molar-refractivity contribution is -0.116. The van der Waals surface area contributed by atoms with Crippen LogP contribution in [0.2, 0.25) is 5.02 Å². The van der Waals surface area contributed by atoms with Gasteiger partial charge in [0.05, 0.1) is 10.7 Å². The van der Waals surface area contributed by atoms with Crippen LogP contribution in [-0.4, -0.2) is 24.9 Å². The molecule has 5 heteroatoms. The van der Waals surface area contributed by atoms with Gasteiger partial charge in [-0.3, -0.25) is 9.59 Å². The highest BCUT2D eigenvalue weighted by molar-refractivity contribution is 6.33. The molecule has 0 aliphatic rings. The lowest BCUT2D eigenvalue weighted by Gasteiger charge is -2.22. The fourth-order valence-corrected chi connectivity index (χ4v) is 2.44. The van der Waals surface area contributed by atoms with Gasteiger partial charge in [-0.25, -0.2) is 0 Å². The minimum Gasteiger partial charge on any atom is -0.350 e. The van der Waals surface area contributed by atoms with Gasteiger partial charge in [0.1, 0.15) is 0 Å². The summed E-state index contributed by atoms with van der Waals surface area (Å²) in [5, 5.41) is 3.32. The Bertz CT molecular complexity index is 698. The van der Waals surface area contributed by atoms with Crippen LogP contribution < -0.4 is 10.2 Å². The molecule has 0 atom stereocenters. The number of halogens is 1. The van der Waals surface area contributed by atoms with Crippen molar-refractivity contribution >= 4 is 29.1 Å². The van der Waals surface area contributed by atoms with Crippen molar-refractivity contribution in [1.29, 1.82) is 0 Å². The molecular weight excluding hydrogens is 312 g/mol. The molecule has 0 aliphatic heterocycles. The number of benzene rings is 2. The van der Waals surface area contributed by atoms with Crippen LogP contribution in [0.25, 0.3) is 0 Å². The van der Waals surface area contributed by atoms with E-state index in [4.69, 9.17) is 11.6 Å². The Balaban J connectivity index is 1.97. The maximum absolute atomic E-state index is 12.1. The molecule has 2 aromatic carbocycles. The molecule has 0 radical (unpaired) electrons. The molecule has 0 heterocycles. The molecule has 4 nitrogen and oxygen atoms in total. The number of carbonyl (C=O) groups is 2. The predicted octanol–water partition coefficient (Wildman–Crippen LogP) is 3.43. The van der Waals surface area contributed by atoms with Crippen LogP contribution >= 0.6 is 11.6 Å². The second kappa shape index (κ2) is 7.79. The van der Waals surface area contributed by atoms with E-state index in [0.717, 1.165) is 5.56 Å². The van der Waals surface area contributed by atoms with E-state index in [9.17, 15) is 9.59 Å². The molecule has 0 fully saturated rings. The number of nitrogens with one attached hydrogen (secondary N) is 1. The first-order valence-electron chi connectivity index (χ1n) is 7.36. The highest BCUT2D eigenvalue weighted by atomic mass is 35.5. The maximum Gasteiger partial charge on any atom is 0.251 e. The normalized spacial score (nSPS) is 10.2. The van der Waals surface area contributed by atoms with Crippen molar-refractivity contribution in [2.24, 2.45) is 0 Å². The summed E-state index contributed by atoms with van der Waals surface area (Å²) >= 11 is 6.13. The number of rotatable bonds is 5. The molecule has 0 unspecified atom stereocenters. The monoisotopic (exact) mass is 330 g/mol. The SMILES string of the molecule is CC(=O)N(CCNC(=O)c1ccc(C)cc1)c1ccccc1Cl. The second-order valence-electron chi connectivity index (χ2n) is 5.24. The lowest BCUT2D eigenvalue weighted by Crippen LogP contribution is -2.37. The van der Waals surface area contributed by atoms with Crippen molar-refractivity contribution in [2.75, 3.05) is 18.0 Å². The van der Waals surface area contributed by atoms with Crippen molar-refractivity contribution in [1.82, 2.24) is 5.32 Å². The third-order valence-electron chi connectivity index (χ3n) is 3.46. The minimum atomic E-state index is -0.160. The van der Waals surface area contributed by atoms with Crippen LogP contribution in [0.5, 0.6) is 0 Å². The first-order valence-corrected chi connectivity index (χ1v) is 7.74. The molecule has 2 rings (SSSR count). The van der Waals surface area contributed by atoms with E-state index in [1.54, 1.807) is 29.2 Å². The van der Waals surface area contributed by atoms with Crippen LogP contribution in [0.4, 0.5) is 5.69 Å². The van der Waals surface area contributed by atoms with Gasteiger partial charge in [-0.05, 0) is 31.2 Å². The first-order chi connectivity index (χ1) is 11.0. The highest BCUT2D eigenvalue weighted by Crippen LogP contribution is 2.24. The van der Waals surface area contributed by atoms with Crippen molar-refractivity contribution in [3.8, 4) is 0 Å². The molecule has 120 valence electrons. The first kappa shape index (κ1) is 17.0. The van der Waals surface area contributed by atoms with Gasteiger partial charge in [0.25, 0.3) is 5.91 Å². The molecule has 1 N–H and O–H groups in total. The van der Waals surface area contributed by atoms with Crippen LogP contribution in [0.1, 0.15) is 22.8 Å². The third-order valence-corrected chi connectivity index (χ3v) is 3.78. The van der Waals surface area contributed by atoms with E-state index in [0.29, 0.717) is 29.4 Å². The van der Waals surface area contributed by atoms with Gasteiger partial charge in [-0.1, -0.05) is 41.4 Å². The summed E-state index contributed by atoms with van der Waals surface area (Å²) < 4.78 is 0. The number of carbonyl (C=O) groups excluding carboxylic acids is 2. The molecule has 0 saturated heterocycles. The predicted molar refractivity (Wildman–Crippen MR) is 93.0 cm³/mol. The molecule has 0 aliphatic carbocycles. The highest BCUT2D eigenvalue weighted by Gasteiger charge is 2.14. The van der Waals surface area contributed by atoms with E-state index in [2.05, 4.69) is 5.32 Å².